The molecule has 0 radical (unpaired) electrons. The summed E-state index contributed by atoms with van der Waals surface area (Å²) in [7, 11) is 0. The summed E-state index contributed by atoms with van der Waals surface area (Å²) in [6.07, 6.45) is 8.41. The average Bonchev–Trinajstić information content (AvgIpc) is 3.53. The molecule has 2 N–H and O–H groups in total. The molecule has 290 valence electrons. The lowest BCUT2D eigenvalue weighted by Gasteiger charge is -2.64. The van der Waals surface area contributed by atoms with Gasteiger partial charge in [0.25, 0.3) is 0 Å². The van der Waals surface area contributed by atoms with Crippen LogP contribution >= 0.6 is 0 Å². The summed E-state index contributed by atoms with van der Waals surface area (Å²) in [6.45, 7) is 24.2. The molecule has 5 saturated carbocycles. The number of aliphatic hydroxyl groups excluding tert-OH is 1. The summed E-state index contributed by atoms with van der Waals surface area (Å²) in [5.41, 5.74) is -0.651. The Kier molecular flexibility index (Phi) is 8.99. The van der Waals surface area contributed by atoms with Crippen molar-refractivity contribution < 1.29 is 34.0 Å². The van der Waals surface area contributed by atoms with Crippen LogP contribution < -0.4 is 0 Å². The number of amides is 1. The van der Waals surface area contributed by atoms with Gasteiger partial charge in [0.05, 0.1) is 49.2 Å². The number of morpholine rings is 1. The maximum absolute atomic E-state index is 13.0. The van der Waals surface area contributed by atoms with Gasteiger partial charge in [0, 0.05) is 31.7 Å². The highest BCUT2D eigenvalue weighted by molar-refractivity contribution is 5.84. The first-order valence-electron chi connectivity index (χ1n) is 21.0. The third-order valence-electron chi connectivity index (χ3n) is 17.6. The van der Waals surface area contributed by atoms with Crippen LogP contribution in [0.25, 0.3) is 0 Å². The van der Waals surface area contributed by atoms with Crippen LogP contribution in [0.3, 0.4) is 0 Å². The summed E-state index contributed by atoms with van der Waals surface area (Å²) in [6, 6.07) is -0.0378. The zero-order valence-electron chi connectivity index (χ0n) is 33.3. The van der Waals surface area contributed by atoms with Crippen LogP contribution in [0.1, 0.15) is 120 Å². The molecule has 0 aromatic carbocycles. The Bertz CT molecular complexity index is 1350. The molecule has 51 heavy (non-hydrogen) atoms. The number of carbonyl (C=O) groups excluding carboxylic acids is 1. The molecular weight excluding hydrogens is 644 g/mol. The molecule has 3 saturated heterocycles. The molecule has 8 fully saturated rings. The number of likely N-dealkylation sites (N-methyl/N-ethyl adjacent to an activating group) is 1. The molecule has 9 nitrogen and oxygen atoms in total. The Morgan fingerprint density at radius 1 is 1.00 bits per heavy atom. The Morgan fingerprint density at radius 2 is 1.73 bits per heavy atom. The van der Waals surface area contributed by atoms with Gasteiger partial charge in [0.1, 0.15) is 6.10 Å². The van der Waals surface area contributed by atoms with Gasteiger partial charge in [0.15, 0.2) is 6.29 Å². The van der Waals surface area contributed by atoms with Crippen molar-refractivity contribution in [2.45, 2.75) is 169 Å². The number of fused-ring (bicyclic) bond motifs is 4. The lowest BCUT2D eigenvalue weighted by molar-refractivity contribution is -0.250. The SMILES string of the molecule is CCO[C@H](C1C[C@@H](C)[C@H]2C(O1)[C@H](O)[C@@]1(C)C3CC[C@H]4C(C)(C)[C@@H](O[C@H]5CN([C@H]6CCN(CC)C6=O)CCO5)CC[C@@]45CC35CC[C@]21C)C(C)(C)O. The Hall–Kier alpha value is -0.810. The van der Waals surface area contributed by atoms with Crippen LogP contribution in [-0.2, 0) is 23.7 Å². The van der Waals surface area contributed by atoms with Crippen molar-refractivity contribution >= 4 is 5.91 Å². The number of ether oxygens (including phenoxy) is 4. The van der Waals surface area contributed by atoms with Gasteiger partial charge in [-0.25, -0.2) is 0 Å². The molecule has 3 heterocycles. The van der Waals surface area contributed by atoms with Crippen molar-refractivity contribution in [1.29, 1.82) is 0 Å². The van der Waals surface area contributed by atoms with Gasteiger partial charge >= 0.3 is 0 Å². The van der Waals surface area contributed by atoms with E-state index in [1.165, 1.54) is 25.7 Å². The predicted octanol–water partition coefficient (Wildman–Crippen LogP) is 5.64. The van der Waals surface area contributed by atoms with Gasteiger partial charge in [-0.1, -0.05) is 34.6 Å². The molecule has 5 aliphatic carbocycles. The third kappa shape index (κ3) is 5.06. The van der Waals surface area contributed by atoms with Gasteiger partial charge in [-0.05, 0) is 131 Å². The number of hydrogen-bond acceptors (Lipinski definition) is 8. The van der Waals surface area contributed by atoms with E-state index in [-0.39, 0.29) is 58.2 Å². The summed E-state index contributed by atoms with van der Waals surface area (Å²) >= 11 is 0. The number of likely N-dealkylation sites (tertiary alicyclic amines) is 1. The van der Waals surface area contributed by atoms with Gasteiger partial charge < -0.3 is 34.1 Å². The van der Waals surface area contributed by atoms with Crippen molar-refractivity contribution in [2.75, 3.05) is 39.4 Å². The third-order valence-corrected chi connectivity index (χ3v) is 17.6. The molecule has 4 unspecified atom stereocenters. The van der Waals surface area contributed by atoms with E-state index in [1.807, 2.05) is 25.7 Å². The number of nitrogens with zero attached hydrogens (tertiary/aromatic N) is 2. The molecule has 8 aliphatic rings. The summed E-state index contributed by atoms with van der Waals surface area (Å²) < 4.78 is 26.3. The van der Waals surface area contributed by atoms with Crippen LogP contribution in [0, 0.1) is 50.7 Å². The van der Waals surface area contributed by atoms with E-state index < -0.39 is 17.8 Å². The zero-order chi connectivity index (χ0) is 36.5. The Labute approximate surface area is 307 Å². The molecule has 15 atom stereocenters. The fourth-order valence-electron chi connectivity index (χ4n) is 15.3. The van der Waals surface area contributed by atoms with E-state index in [0.29, 0.717) is 48.8 Å². The lowest BCUT2D eigenvalue weighted by Crippen LogP contribution is -2.60. The van der Waals surface area contributed by atoms with E-state index in [4.69, 9.17) is 18.9 Å². The largest absolute Gasteiger partial charge is 0.390 e. The number of aliphatic hydroxyl groups is 2. The Morgan fingerprint density at radius 3 is 2.41 bits per heavy atom. The highest BCUT2D eigenvalue weighted by Gasteiger charge is 2.84. The molecule has 0 aromatic heterocycles. The second-order valence-electron chi connectivity index (χ2n) is 20.2. The van der Waals surface area contributed by atoms with E-state index in [0.717, 1.165) is 51.7 Å². The quantitative estimate of drug-likeness (QED) is 0.334. The second kappa shape index (κ2) is 12.3. The second-order valence-corrected chi connectivity index (χ2v) is 20.2. The standard InChI is InChI=1S/C42H70N2O7/c1-10-43-19-15-26(36(43)46)44-20-21-49-31(23-44)51-30-14-16-41-24-42(41)18-17-39(8)32-25(3)22-27(35(48-11-2)38(6,7)47)50-33(32)34(45)40(39,9)29(42)13-12-28(41)37(30,4)5/h25-35,45,47H,10-24H2,1-9H3/t25-,26+,27?,28+,29?,30+,31+,32+,33?,34+,35-,39-,40-,41-,42?/m1/s1. The fraction of sp³-hybridized carbons (Fsp3) is 0.976. The maximum Gasteiger partial charge on any atom is 0.239 e. The minimum atomic E-state index is -1.02. The van der Waals surface area contributed by atoms with Crippen LogP contribution in [0.15, 0.2) is 0 Å². The van der Waals surface area contributed by atoms with Gasteiger partial charge in [0.2, 0.25) is 5.91 Å². The highest BCUT2D eigenvalue weighted by Crippen LogP contribution is 2.89. The van der Waals surface area contributed by atoms with Crippen molar-refractivity contribution in [3.05, 3.63) is 0 Å². The predicted molar refractivity (Wildman–Crippen MR) is 195 cm³/mol. The van der Waals surface area contributed by atoms with Gasteiger partial charge in [-0.15, -0.1) is 0 Å². The monoisotopic (exact) mass is 715 g/mol. The maximum atomic E-state index is 13.0. The fourth-order valence-corrected chi connectivity index (χ4v) is 15.3. The average molecular weight is 715 g/mol. The number of carbonyl (C=O) groups is 1. The van der Waals surface area contributed by atoms with Gasteiger partial charge in [-0.2, -0.15) is 0 Å². The van der Waals surface area contributed by atoms with E-state index in [1.54, 1.807) is 0 Å². The van der Waals surface area contributed by atoms with Crippen molar-refractivity contribution in [3.63, 3.8) is 0 Å². The van der Waals surface area contributed by atoms with Gasteiger partial charge in [-0.3, -0.25) is 9.69 Å². The minimum absolute atomic E-state index is 0.00126. The van der Waals surface area contributed by atoms with Crippen molar-refractivity contribution in [2.24, 2.45) is 50.7 Å². The van der Waals surface area contributed by atoms with E-state index >= 15 is 0 Å². The Balaban J connectivity index is 0.998. The molecule has 0 bridgehead atoms. The van der Waals surface area contributed by atoms with Crippen molar-refractivity contribution in [1.82, 2.24) is 9.80 Å². The first-order chi connectivity index (χ1) is 24.0. The van der Waals surface area contributed by atoms with Crippen LogP contribution in [0.2, 0.25) is 0 Å². The number of rotatable bonds is 8. The van der Waals surface area contributed by atoms with E-state index in [2.05, 4.69) is 46.4 Å². The first kappa shape index (κ1) is 37.1. The topological polar surface area (TPSA) is 101 Å². The summed E-state index contributed by atoms with van der Waals surface area (Å²) in [5, 5.41) is 23.7. The zero-order valence-corrected chi connectivity index (χ0v) is 33.3. The molecule has 0 aromatic rings. The molecule has 3 aliphatic heterocycles. The highest BCUT2D eigenvalue weighted by atomic mass is 16.7. The smallest absolute Gasteiger partial charge is 0.239 e. The molecule has 2 spiro atoms. The van der Waals surface area contributed by atoms with Crippen LogP contribution in [0.5, 0.6) is 0 Å². The molecule has 1 amide bonds. The molecule has 8 rings (SSSR count). The molecule has 9 heteroatoms. The normalized spacial score (nSPS) is 51.3. The minimum Gasteiger partial charge on any atom is -0.390 e. The van der Waals surface area contributed by atoms with Crippen LogP contribution in [-0.4, -0.2) is 114 Å². The van der Waals surface area contributed by atoms with Crippen LogP contribution in [0.4, 0.5) is 0 Å². The summed E-state index contributed by atoms with van der Waals surface area (Å²) in [5.74, 6) is 1.99. The van der Waals surface area contributed by atoms with E-state index in [9.17, 15) is 15.0 Å². The first-order valence-corrected chi connectivity index (χ1v) is 21.0. The summed E-state index contributed by atoms with van der Waals surface area (Å²) in [4.78, 5) is 17.3. The molecular formula is C42H70N2O7. The lowest BCUT2D eigenvalue weighted by atomic mass is 9.41. The number of hydrogen-bond donors (Lipinski definition) is 2. The van der Waals surface area contributed by atoms with Crippen molar-refractivity contribution in [3.8, 4) is 0 Å².